The number of aliphatic hydroxyl groups excluding tert-OH is 1. The molecule has 0 amide bonds. The number of ether oxygens (including phenoxy) is 2. The van der Waals surface area contributed by atoms with Crippen LogP contribution >= 0.6 is 0 Å². The lowest BCUT2D eigenvalue weighted by Crippen LogP contribution is -2.55. The van der Waals surface area contributed by atoms with Gasteiger partial charge < -0.3 is 23.4 Å². The SMILES string of the molecule is COCOC(C)(C)CC=C[C@@H](C)C1CCC2C(=CC=C3C[C@@H](O[Si](C)(C)C(C)(C)C)C(O)[C@H](O[Si](C)(C)C(C)(C)C)C3)CCCC21C. The average molecular weight is 691 g/mol. The van der Waals surface area contributed by atoms with Crippen molar-refractivity contribution in [3.63, 3.8) is 0 Å². The second kappa shape index (κ2) is 15.4. The van der Waals surface area contributed by atoms with Gasteiger partial charge in [0.05, 0.1) is 17.8 Å². The molecule has 7 heteroatoms. The highest BCUT2D eigenvalue weighted by Crippen LogP contribution is 2.59. The monoisotopic (exact) mass is 691 g/mol. The molecule has 0 saturated heterocycles. The second-order valence-electron chi connectivity index (χ2n) is 19.2. The fraction of sp³-hybridized carbons (Fsp3) is 0.850. The molecule has 0 aromatic rings. The molecule has 0 aliphatic heterocycles. The summed E-state index contributed by atoms with van der Waals surface area (Å²) in [6, 6.07) is 0. The highest BCUT2D eigenvalue weighted by atomic mass is 28.4. The Morgan fingerprint density at radius 3 is 1.96 bits per heavy atom. The quantitative estimate of drug-likeness (QED) is 0.125. The van der Waals surface area contributed by atoms with Gasteiger partial charge in [0.15, 0.2) is 16.6 Å². The van der Waals surface area contributed by atoms with E-state index in [0.717, 1.165) is 19.3 Å². The predicted molar refractivity (Wildman–Crippen MR) is 204 cm³/mol. The first-order valence-electron chi connectivity index (χ1n) is 18.7. The molecule has 0 heterocycles. The Morgan fingerprint density at radius 2 is 1.45 bits per heavy atom. The van der Waals surface area contributed by atoms with E-state index in [1.54, 1.807) is 12.7 Å². The van der Waals surface area contributed by atoms with Crippen molar-refractivity contribution in [3.8, 4) is 0 Å². The van der Waals surface area contributed by atoms with Crippen molar-refractivity contribution < 1.29 is 23.4 Å². The summed E-state index contributed by atoms with van der Waals surface area (Å²) in [4.78, 5) is 0. The maximum absolute atomic E-state index is 11.7. The van der Waals surface area contributed by atoms with Gasteiger partial charge in [-0.3, -0.25) is 0 Å². The molecule has 6 atom stereocenters. The molecule has 3 rings (SSSR count). The van der Waals surface area contributed by atoms with Gasteiger partial charge in [0.25, 0.3) is 0 Å². The Morgan fingerprint density at radius 1 is 0.894 bits per heavy atom. The first-order valence-corrected chi connectivity index (χ1v) is 24.5. The van der Waals surface area contributed by atoms with Gasteiger partial charge in [-0.25, -0.2) is 0 Å². The van der Waals surface area contributed by atoms with Crippen LogP contribution in [0.5, 0.6) is 0 Å². The average Bonchev–Trinajstić information content (AvgIpc) is 3.29. The van der Waals surface area contributed by atoms with Gasteiger partial charge in [-0.05, 0) is 125 Å². The van der Waals surface area contributed by atoms with E-state index >= 15 is 0 Å². The van der Waals surface area contributed by atoms with Crippen molar-refractivity contribution in [3.05, 3.63) is 35.5 Å². The molecule has 0 aromatic carbocycles. The third-order valence-electron chi connectivity index (χ3n) is 13.0. The highest BCUT2D eigenvalue weighted by Gasteiger charge is 2.51. The van der Waals surface area contributed by atoms with E-state index in [-0.39, 0.29) is 27.9 Å². The summed E-state index contributed by atoms with van der Waals surface area (Å²) < 4.78 is 24.9. The molecule has 3 unspecified atom stereocenters. The number of aliphatic hydroxyl groups is 1. The maximum atomic E-state index is 11.7. The van der Waals surface area contributed by atoms with Gasteiger partial charge in [0.2, 0.25) is 0 Å². The van der Waals surface area contributed by atoms with Crippen LogP contribution in [0.4, 0.5) is 0 Å². The first kappa shape index (κ1) is 40.9. The summed E-state index contributed by atoms with van der Waals surface area (Å²) in [6.07, 6.45) is 17.4. The standard InChI is InChI=1S/C40H74O5Si2/c1-29(18-16-24-39(8,9)43-28-42-11)32-22-23-33-31(19-17-25-40(32,33)10)21-20-30-26-34(44-46(12,13)37(2,3)4)36(41)35(27-30)45-47(14,15)38(5,6)7/h16,18,20-21,29,32-36,41H,17,19,22-28H2,1-15H3/t29-,32?,33?,34-,35-,36?,40?/m1/s1. The molecule has 3 aliphatic rings. The summed E-state index contributed by atoms with van der Waals surface area (Å²) in [5, 5.41) is 11.9. The molecule has 47 heavy (non-hydrogen) atoms. The van der Waals surface area contributed by atoms with Crippen molar-refractivity contribution in [1.29, 1.82) is 0 Å². The summed E-state index contributed by atoms with van der Waals surface area (Å²) in [6.45, 7) is 32.5. The molecule has 3 aliphatic carbocycles. The van der Waals surface area contributed by atoms with Crippen LogP contribution in [0.15, 0.2) is 35.5 Å². The third-order valence-corrected chi connectivity index (χ3v) is 22.0. The zero-order valence-corrected chi connectivity index (χ0v) is 35.2. The Labute approximate surface area is 292 Å². The summed E-state index contributed by atoms with van der Waals surface area (Å²) in [5.74, 6) is 1.88. The first-order chi connectivity index (χ1) is 21.4. The largest absolute Gasteiger partial charge is 0.411 e. The van der Waals surface area contributed by atoms with Gasteiger partial charge in [0.1, 0.15) is 12.9 Å². The van der Waals surface area contributed by atoms with Gasteiger partial charge in [-0.1, -0.05) is 90.8 Å². The lowest BCUT2D eigenvalue weighted by atomic mass is 9.61. The third kappa shape index (κ3) is 10.0. The van der Waals surface area contributed by atoms with E-state index in [4.69, 9.17) is 18.3 Å². The van der Waals surface area contributed by atoms with E-state index in [1.807, 2.05) is 0 Å². The normalized spacial score (nSPS) is 31.4. The highest BCUT2D eigenvalue weighted by molar-refractivity contribution is 6.74. The number of hydrogen-bond donors (Lipinski definition) is 1. The lowest BCUT2D eigenvalue weighted by molar-refractivity contribution is -0.112. The molecule has 3 saturated carbocycles. The molecule has 272 valence electrons. The topological polar surface area (TPSA) is 57.2 Å². The predicted octanol–water partition coefficient (Wildman–Crippen LogP) is 11.0. The van der Waals surface area contributed by atoms with Crippen LogP contribution in [0.1, 0.15) is 121 Å². The van der Waals surface area contributed by atoms with Crippen LogP contribution < -0.4 is 0 Å². The number of fused-ring (bicyclic) bond motifs is 1. The zero-order valence-electron chi connectivity index (χ0n) is 33.2. The number of methoxy groups -OCH3 is 1. The van der Waals surface area contributed by atoms with Crippen molar-refractivity contribution in [2.24, 2.45) is 23.2 Å². The lowest BCUT2D eigenvalue weighted by Gasteiger charge is -2.47. The van der Waals surface area contributed by atoms with Crippen LogP contribution in [0.3, 0.4) is 0 Å². The molecular weight excluding hydrogens is 617 g/mol. The summed E-state index contributed by atoms with van der Waals surface area (Å²) >= 11 is 0. The molecule has 5 nitrogen and oxygen atoms in total. The summed E-state index contributed by atoms with van der Waals surface area (Å²) in [5.41, 5.74) is 3.11. The molecule has 0 radical (unpaired) electrons. The van der Waals surface area contributed by atoms with Crippen LogP contribution in [-0.4, -0.2) is 59.6 Å². The van der Waals surface area contributed by atoms with E-state index in [9.17, 15) is 5.11 Å². The van der Waals surface area contributed by atoms with Crippen molar-refractivity contribution in [1.82, 2.24) is 0 Å². The van der Waals surface area contributed by atoms with Crippen molar-refractivity contribution in [2.45, 2.75) is 181 Å². The Balaban J connectivity index is 1.83. The second-order valence-corrected chi connectivity index (χ2v) is 28.7. The smallest absolute Gasteiger partial charge is 0.192 e. The number of hydrogen-bond acceptors (Lipinski definition) is 5. The number of allylic oxidation sites excluding steroid dienone is 4. The van der Waals surface area contributed by atoms with E-state index < -0.39 is 22.7 Å². The molecule has 0 aromatic heterocycles. The minimum atomic E-state index is -2.08. The van der Waals surface area contributed by atoms with Gasteiger partial charge >= 0.3 is 0 Å². The van der Waals surface area contributed by atoms with Crippen LogP contribution in [-0.2, 0) is 18.3 Å². The minimum absolute atomic E-state index is 0.0810. The summed E-state index contributed by atoms with van der Waals surface area (Å²) in [7, 11) is -2.49. The van der Waals surface area contributed by atoms with E-state index in [2.05, 4.69) is 120 Å². The van der Waals surface area contributed by atoms with E-state index in [0.29, 0.717) is 30.0 Å². The van der Waals surface area contributed by atoms with Crippen LogP contribution in [0.2, 0.25) is 36.3 Å². The number of rotatable bonds is 12. The van der Waals surface area contributed by atoms with Crippen LogP contribution in [0.25, 0.3) is 0 Å². The van der Waals surface area contributed by atoms with Gasteiger partial charge in [-0.15, -0.1) is 0 Å². The van der Waals surface area contributed by atoms with Gasteiger partial charge in [-0.2, -0.15) is 0 Å². The van der Waals surface area contributed by atoms with Gasteiger partial charge in [0, 0.05) is 7.11 Å². The maximum Gasteiger partial charge on any atom is 0.192 e. The molecule has 1 N–H and O–H groups in total. The Hall–Kier alpha value is -0.546. The molecule has 0 bridgehead atoms. The Bertz CT molecular complexity index is 1080. The zero-order chi connectivity index (χ0) is 35.6. The Kier molecular flexibility index (Phi) is 13.4. The molecular formula is C40H74O5Si2. The minimum Gasteiger partial charge on any atom is -0.411 e. The molecule has 3 fully saturated rings. The van der Waals surface area contributed by atoms with E-state index in [1.165, 1.54) is 37.7 Å². The fourth-order valence-electron chi connectivity index (χ4n) is 7.90. The molecule has 0 spiro atoms. The fourth-order valence-corrected chi connectivity index (χ4v) is 10.6. The van der Waals surface area contributed by atoms with Crippen LogP contribution in [0, 0.1) is 23.2 Å². The van der Waals surface area contributed by atoms with Crippen molar-refractivity contribution in [2.75, 3.05) is 13.9 Å². The van der Waals surface area contributed by atoms with Crippen molar-refractivity contribution >= 4 is 16.6 Å².